The quantitative estimate of drug-likeness (QED) is 0.180. The number of hydrogen-bond donors (Lipinski definition) is 3. The Balaban J connectivity index is 1.74. The van der Waals surface area contributed by atoms with Gasteiger partial charge < -0.3 is 72.5 Å². The van der Waals surface area contributed by atoms with Crippen molar-refractivity contribution in [3.63, 3.8) is 0 Å². The van der Waals surface area contributed by atoms with Gasteiger partial charge in [0.1, 0.15) is 42.9 Å². The van der Waals surface area contributed by atoms with Crippen LogP contribution in [0.5, 0.6) is 0 Å². The maximum Gasteiger partial charge on any atom is 0.309 e. The van der Waals surface area contributed by atoms with E-state index in [1.165, 1.54) is 14.0 Å². The first-order valence-corrected chi connectivity index (χ1v) is 22.7. The fraction of sp³-hybridized carbons (Fsp3) is 0.848. The number of nitrogens with zero attached hydrogens (tertiary/aromatic N) is 2. The zero-order chi connectivity index (χ0) is 46.8. The summed E-state index contributed by atoms with van der Waals surface area (Å²) < 4.78 is 56.7. The third-order valence-electron chi connectivity index (χ3n) is 12.9. The summed E-state index contributed by atoms with van der Waals surface area (Å²) in [6, 6.07) is -0.510. The minimum absolute atomic E-state index is 0.0117. The number of cyclic esters (lactones) is 1. The van der Waals surface area contributed by atoms with Gasteiger partial charge in [-0.05, 0) is 93.9 Å². The fourth-order valence-electron chi connectivity index (χ4n) is 9.44. The number of carbonyl (C=O) groups excluding carboxylic acids is 3. The summed E-state index contributed by atoms with van der Waals surface area (Å²) in [4.78, 5) is 43.2. The Hall–Kier alpha value is -2.39. The van der Waals surface area contributed by atoms with Crippen LogP contribution in [-0.2, 0) is 57.0 Å². The third kappa shape index (κ3) is 14.5. The molecule has 3 saturated heterocycles. The lowest BCUT2D eigenvalue weighted by molar-refractivity contribution is -0.344. The highest BCUT2D eigenvalue weighted by molar-refractivity contribution is 5.72. The minimum Gasteiger partial charge on any atom is -0.462 e. The van der Waals surface area contributed by atoms with Crippen molar-refractivity contribution in [3.8, 4) is 0 Å². The monoisotopic (exact) mass is 899 g/mol. The maximum atomic E-state index is 13.5. The van der Waals surface area contributed by atoms with Crippen molar-refractivity contribution < 1.29 is 72.3 Å². The zero-order valence-corrected chi connectivity index (χ0v) is 39.6. The molecule has 4 rings (SSSR count). The molecular weight excluding hydrogens is 821 g/mol. The average Bonchev–Trinajstić information content (AvgIpc) is 3.19. The van der Waals surface area contributed by atoms with Gasteiger partial charge in [0.15, 0.2) is 18.9 Å². The highest BCUT2D eigenvalue weighted by Gasteiger charge is 2.52. The van der Waals surface area contributed by atoms with E-state index in [2.05, 4.69) is 4.90 Å². The molecule has 0 saturated carbocycles. The average molecular weight is 899 g/mol. The molecule has 4 aliphatic heterocycles. The first kappa shape index (κ1) is 53.2. The van der Waals surface area contributed by atoms with E-state index in [0.29, 0.717) is 19.3 Å². The number of carbonyl (C=O) groups is 3. The molecule has 362 valence electrons. The molecule has 17 heteroatoms. The summed E-state index contributed by atoms with van der Waals surface area (Å²) >= 11 is 0. The molecule has 4 aliphatic rings. The normalized spacial score (nSPS) is 43.5. The van der Waals surface area contributed by atoms with Crippen molar-refractivity contribution in [2.24, 2.45) is 11.8 Å². The van der Waals surface area contributed by atoms with Crippen molar-refractivity contribution in [3.05, 3.63) is 24.3 Å². The van der Waals surface area contributed by atoms with Crippen LogP contribution in [0.15, 0.2) is 24.3 Å². The summed E-state index contributed by atoms with van der Waals surface area (Å²) in [6.45, 7) is 12.4. The van der Waals surface area contributed by atoms with Gasteiger partial charge >= 0.3 is 11.9 Å². The highest BCUT2D eigenvalue weighted by Crippen LogP contribution is 2.38. The van der Waals surface area contributed by atoms with Crippen molar-refractivity contribution in [2.75, 3.05) is 35.3 Å². The molecule has 0 bridgehead atoms. The van der Waals surface area contributed by atoms with Crippen LogP contribution in [0.3, 0.4) is 0 Å². The molecule has 4 heterocycles. The van der Waals surface area contributed by atoms with Gasteiger partial charge in [-0.1, -0.05) is 38.2 Å². The van der Waals surface area contributed by atoms with Gasteiger partial charge in [0.05, 0.1) is 48.6 Å². The summed E-state index contributed by atoms with van der Waals surface area (Å²) in [5.74, 6) is -2.12. The van der Waals surface area contributed by atoms with Gasteiger partial charge in [-0.2, -0.15) is 0 Å². The molecule has 0 radical (unpaired) electrons. The highest BCUT2D eigenvalue weighted by atomic mass is 16.7. The Labute approximate surface area is 374 Å². The van der Waals surface area contributed by atoms with E-state index in [1.807, 2.05) is 52.2 Å². The number of aldehydes is 1. The maximum absolute atomic E-state index is 13.5. The number of methoxy groups -OCH3 is 1. The van der Waals surface area contributed by atoms with Gasteiger partial charge in [0.2, 0.25) is 0 Å². The van der Waals surface area contributed by atoms with E-state index in [-0.39, 0.29) is 43.7 Å². The van der Waals surface area contributed by atoms with Gasteiger partial charge in [-0.15, -0.1) is 0 Å². The SMILES string of the molecule is CCC(=O)OC1CC(=O)O[C@H](C)C/C=C/C=C/[C@H](OC2CC[C@H](N(C)C)[C@@H](C)O2)[C@H](C)CC(CC=O)[C@H](O[C@@H]2O[C@H](C)[C@@H](O[C@H]3C[C@@](C)(O)[C@@H](O)[C@H](C)O3)[C@H](N(C)C)[C@H]2O)[C@H]1OC. The summed E-state index contributed by atoms with van der Waals surface area (Å²) in [5.41, 5.74) is -1.49. The number of rotatable bonds is 13. The summed E-state index contributed by atoms with van der Waals surface area (Å²) in [6.07, 6.45) is -1.76. The van der Waals surface area contributed by atoms with Gasteiger partial charge in [-0.25, -0.2) is 0 Å². The lowest BCUT2D eigenvalue weighted by Gasteiger charge is -2.50. The number of ether oxygens (including phenoxy) is 9. The van der Waals surface area contributed by atoms with Crippen LogP contribution in [-0.4, -0.2) is 182 Å². The van der Waals surface area contributed by atoms with E-state index in [0.717, 1.165) is 12.7 Å². The van der Waals surface area contributed by atoms with Crippen molar-refractivity contribution in [1.29, 1.82) is 0 Å². The van der Waals surface area contributed by atoms with Crippen LogP contribution in [0, 0.1) is 11.8 Å². The van der Waals surface area contributed by atoms with E-state index in [4.69, 9.17) is 42.6 Å². The van der Waals surface area contributed by atoms with E-state index < -0.39 is 109 Å². The molecule has 0 aromatic heterocycles. The first-order chi connectivity index (χ1) is 29.7. The molecule has 3 unspecified atom stereocenters. The van der Waals surface area contributed by atoms with Crippen molar-refractivity contribution in [1.82, 2.24) is 9.80 Å². The molecule has 0 aromatic rings. The largest absolute Gasteiger partial charge is 0.462 e. The second kappa shape index (κ2) is 24.4. The van der Waals surface area contributed by atoms with Gasteiger partial charge in [0.25, 0.3) is 0 Å². The number of hydrogen-bond acceptors (Lipinski definition) is 17. The van der Waals surface area contributed by atoms with E-state index in [9.17, 15) is 29.7 Å². The number of aliphatic hydroxyl groups is 3. The van der Waals surface area contributed by atoms with Crippen LogP contribution < -0.4 is 0 Å². The molecule has 3 N–H and O–H groups in total. The Morgan fingerprint density at radius 2 is 1.60 bits per heavy atom. The Kier molecular flexibility index (Phi) is 20.6. The lowest BCUT2D eigenvalue weighted by Crippen LogP contribution is -2.65. The molecule has 0 aromatic carbocycles. The third-order valence-corrected chi connectivity index (χ3v) is 12.9. The Morgan fingerprint density at radius 1 is 0.905 bits per heavy atom. The van der Waals surface area contributed by atoms with Crippen LogP contribution in [0.2, 0.25) is 0 Å². The number of likely N-dealkylation sites (N-methyl/N-ethyl adjacent to an activating group) is 2. The van der Waals surface area contributed by atoms with Crippen LogP contribution in [0.25, 0.3) is 0 Å². The molecule has 0 aliphatic carbocycles. The van der Waals surface area contributed by atoms with Gasteiger partial charge in [-0.3, -0.25) is 9.59 Å². The summed E-state index contributed by atoms with van der Waals surface area (Å²) in [5, 5.41) is 33.7. The zero-order valence-electron chi connectivity index (χ0n) is 39.6. The topological polar surface area (TPSA) is 201 Å². The van der Waals surface area contributed by atoms with Crippen molar-refractivity contribution in [2.45, 2.75) is 204 Å². The lowest BCUT2D eigenvalue weighted by atomic mass is 9.82. The number of allylic oxidation sites excluding steroid dienone is 2. The van der Waals surface area contributed by atoms with Crippen LogP contribution >= 0.6 is 0 Å². The Bertz CT molecular complexity index is 1490. The number of aliphatic hydroxyl groups excluding tert-OH is 2. The predicted octanol–water partition coefficient (Wildman–Crippen LogP) is 3.29. The first-order valence-electron chi connectivity index (χ1n) is 22.7. The van der Waals surface area contributed by atoms with Gasteiger partial charge in [0, 0.05) is 38.8 Å². The molecule has 3 fully saturated rings. The second-order valence-corrected chi connectivity index (χ2v) is 18.6. The molecule has 0 amide bonds. The van der Waals surface area contributed by atoms with Crippen LogP contribution in [0.4, 0.5) is 0 Å². The summed E-state index contributed by atoms with van der Waals surface area (Å²) in [7, 11) is 9.04. The van der Waals surface area contributed by atoms with Crippen molar-refractivity contribution >= 4 is 18.2 Å². The molecule has 63 heavy (non-hydrogen) atoms. The number of esters is 2. The second-order valence-electron chi connectivity index (χ2n) is 18.6. The predicted molar refractivity (Wildman–Crippen MR) is 231 cm³/mol. The molecule has 19 atom stereocenters. The molecule has 17 nitrogen and oxygen atoms in total. The van der Waals surface area contributed by atoms with E-state index in [1.54, 1.807) is 46.7 Å². The fourth-order valence-corrected chi connectivity index (χ4v) is 9.44. The smallest absolute Gasteiger partial charge is 0.309 e. The minimum atomic E-state index is -1.49. The van der Waals surface area contributed by atoms with E-state index >= 15 is 0 Å². The standard InChI is InChI=1S/C46H78N2O15/c1-13-35(50)60-34-24-36(51)56-27(3)17-15-14-16-18-33(61-37-20-19-32(47(8)9)28(4)57-37)26(2)23-31(21-22-49)42(43(34)55-12)63-45-40(52)39(48(10)11)41(29(5)59-45)62-38-25-46(7,54)44(53)30(6)58-38/h14-16,18,22,26-34,37-45,52-54H,13,17,19-21,23-25H2,1-12H3/b15-14+,18-16+/t26-,27-,28-,29-,30+,31?,32+,33+,34?,37?,38+,39-,40-,41-,42+,43+,44+,45+,46-/m1/s1. The Morgan fingerprint density at radius 3 is 2.21 bits per heavy atom. The van der Waals surface area contributed by atoms with Crippen LogP contribution in [0.1, 0.15) is 99.8 Å². The molecular formula is C46H78N2O15. The molecule has 0 spiro atoms.